The van der Waals surface area contributed by atoms with Gasteiger partial charge >= 0.3 is 0 Å². The molecule has 9 aromatic rings. The van der Waals surface area contributed by atoms with Gasteiger partial charge < -0.3 is 24.3 Å². The highest BCUT2D eigenvalue weighted by Gasteiger charge is 2.24. The van der Waals surface area contributed by atoms with E-state index < -0.39 is 0 Å². The maximum Gasteiger partial charge on any atom is 0.147 e. The van der Waals surface area contributed by atoms with Crippen LogP contribution in [-0.2, 0) is 0 Å². The van der Waals surface area contributed by atoms with Gasteiger partial charge in [-0.05, 0) is 71.8 Å². The summed E-state index contributed by atoms with van der Waals surface area (Å²) < 4.78 is 20.3. The SMILES string of the molecule is CNc1ccc(C=Cc2cc3cc(-c4ccccc4)oc3c3c4cc(-c5ccc(N)cc5)oc4c4cc(-c5ccccc5)oc4c23)cc1. The average Bonchev–Trinajstić information content (AvgIpc) is 3.89. The van der Waals surface area contributed by atoms with Crippen molar-refractivity contribution in [1.29, 1.82) is 0 Å². The molecular formula is C43H30N2O3. The first-order chi connectivity index (χ1) is 23.6. The van der Waals surface area contributed by atoms with E-state index in [1.807, 2.05) is 67.7 Å². The Labute approximate surface area is 276 Å². The molecule has 3 heterocycles. The van der Waals surface area contributed by atoms with E-state index in [1.54, 1.807) is 0 Å². The predicted octanol–water partition coefficient (Wildman–Crippen LogP) is 11.9. The summed E-state index contributed by atoms with van der Waals surface area (Å²) in [6.07, 6.45) is 4.31. The van der Waals surface area contributed by atoms with Crippen molar-refractivity contribution in [3.63, 3.8) is 0 Å². The lowest BCUT2D eigenvalue weighted by atomic mass is 9.95. The van der Waals surface area contributed by atoms with Crippen molar-refractivity contribution in [3.05, 3.63) is 145 Å². The number of hydrogen-bond acceptors (Lipinski definition) is 5. The molecule has 9 rings (SSSR count). The zero-order chi connectivity index (χ0) is 32.2. The number of fused-ring (bicyclic) bond motifs is 8. The summed E-state index contributed by atoms with van der Waals surface area (Å²) in [6, 6.07) is 45.0. The molecule has 0 unspecified atom stereocenters. The number of anilines is 2. The number of nitrogens with one attached hydrogen (secondary N) is 1. The normalized spacial score (nSPS) is 11.9. The molecule has 0 aliphatic rings. The Balaban J connectivity index is 1.40. The van der Waals surface area contributed by atoms with Crippen molar-refractivity contribution < 1.29 is 13.3 Å². The molecule has 0 spiro atoms. The van der Waals surface area contributed by atoms with Crippen LogP contribution in [0.5, 0.6) is 0 Å². The van der Waals surface area contributed by atoms with Gasteiger partial charge in [0.2, 0.25) is 0 Å². The Morgan fingerprint density at radius 3 is 1.77 bits per heavy atom. The third-order valence-corrected chi connectivity index (χ3v) is 9.01. The molecule has 0 aliphatic carbocycles. The number of nitrogens with two attached hydrogens (primary N) is 1. The summed E-state index contributed by atoms with van der Waals surface area (Å²) in [6.45, 7) is 0. The fourth-order valence-corrected chi connectivity index (χ4v) is 6.59. The van der Waals surface area contributed by atoms with E-state index >= 15 is 0 Å². The van der Waals surface area contributed by atoms with E-state index in [1.165, 1.54) is 0 Å². The van der Waals surface area contributed by atoms with Gasteiger partial charge in [0.1, 0.15) is 34.0 Å². The quantitative estimate of drug-likeness (QED) is 0.142. The highest BCUT2D eigenvalue weighted by atomic mass is 16.4. The third kappa shape index (κ3) is 4.64. The number of benzene rings is 6. The van der Waals surface area contributed by atoms with Gasteiger partial charge in [-0.15, -0.1) is 0 Å². The highest BCUT2D eigenvalue weighted by molar-refractivity contribution is 6.31. The zero-order valence-corrected chi connectivity index (χ0v) is 26.2. The second kappa shape index (κ2) is 11.1. The number of furan rings is 3. The Bertz CT molecular complexity index is 2620. The van der Waals surface area contributed by atoms with Crippen LogP contribution >= 0.6 is 0 Å². The highest BCUT2D eigenvalue weighted by Crippen LogP contribution is 2.47. The fourth-order valence-electron chi connectivity index (χ4n) is 6.59. The molecule has 0 bridgehead atoms. The van der Waals surface area contributed by atoms with Crippen LogP contribution in [0, 0.1) is 0 Å². The lowest BCUT2D eigenvalue weighted by Crippen LogP contribution is -1.86. The van der Waals surface area contributed by atoms with E-state index in [0.717, 1.165) is 94.5 Å². The predicted molar refractivity (Wildman–Crippen MR) is 199 cm³/mol. The van der Waals surface area contributed by atoms with Gasteiger partial charge in [-0.1, -0.05) is 84.9 Å². The maximum absolute atomic E-state index is 6.81. The second-order valence-corrected chi connectivity index (χ2v) is 12.0. The third-order valence-electron chi connectivity index (χ3n) is 9.01. The van der Waals surface area contributed by atoms with Crippen LogP contribution in [0.4, 0.5) is 11.4 Å². The van der Waals surface area contributed by atoms with Crippen LogP contribution in [0.15, 0.2) is 147 Å². The van der Waals surface area contributed by atoms with Crippen molar-refractivity contribution in [2.24, 2.45) is 0 Å². The summed E-state index contributed by atoms with van der Waals surface area (Å²) in [5.41, 5.74) is 15.1. The van der Waals surface area contributed by atoms with Crippen molar-refractivity contribution in [3.8, 4) is 34.0 Å². The van der Waals surface area contributed by atoms with E-state index in [2.05, 4.69) is 90.3 Å². The van der Waals surface area contributed by atoms with Crippen LogP contribution in [-0.4, -0.2) is 7.05 Å². The molecule has 6 aromatic carbocycles. The largest absolute Gasteiger partial charge is 0.455 e. The van der Waals surface area contributed by atoms with Crippen LogP contribution in [0.1, 0.15) is 11.1 Å². The molecule has 5 heteroatoms. The summed E-state index contributed by atoms with van der Waals surface area (Å²) >= 11 is 0. The Hall–Kier alpha value is -6.46. The summed E-state index contributed by atoms with van der Waals surface area (Å²) in [5, 5.41) is 7.96. The summed E-state index contributed by atoms with van der Waals surface area (Å²) in [4.78, 5) is 0. The average molecular weight is 623 g/mol. The molecule has 0 amide bonds. The molecule has 0 saturated carbocycles. The van der Waals surface area contributed by atoms with Crippen LogP contribution in [0.2, 0.25) is 0 Å². The Kier molecular flexibility index (Phi) is 6.44. The summed E-state index contributed by atoms with van der Waals surface area (Å²) in [5.74, 6) is 2.32. The zero-order valence-electron chi connectivity index (χ0n) is 26.2. The van der Waals surface area contributed by atoms with Crippen LogP contribution in [0.25, 0.3) is 89.8 Å². The second-order valence-electron chi connectivity index (χ2n) is 12.0. The lowest BCUT2D eigenvalue weighted by Gasteiger charge is -2.07. The first kappa shape index (κ1) is 27.8. The van der Waals surface area contributed by atoms with Gasteiger partial charge in [-0.3, -0.25) is 0 Å². The molecule has 0 aliphatic heterocycles. The maximum atomic E-state index is 6.81. The molecular weight excluding hydrogens is 592 g/mol. The Morgan fingerprint density at radius 1 is 0.521 bits per heavy atom. The Morgan fingerprint density at radius 2 is 1.10 bits per heavy atom. The van der Waals surface area contributed by atoms with Gasteiger partial charge in [0.25, 0.3) is 0 Å². The number of rotatable bonds is 6. The van der Waals surface area contributed by atoms with Gasteiger partial charge in [0, 0.05) is 56.7 Å². The minimum atomic E-state index is 0.702. The van der Waals surface area contributed by atoms with E-state index in [9.17, 15) is 0 Å². The number of hydrogen-bond donors (Lipinski definition) is 2. The lowest BCUT2D eigenvalue weighted by molar-refractivity contribution is 0.627. The topological polar surface area (TPSA) is 77.5 Å². The van der Waals surface area contributed by atoms with E-state index in [-0.39, 0.29) is 0 Å². The first-order valence-electron chi connectivity index (χ1n) is 15.9. The minimum absolute atomic E-state index is 0.702. The first-order valence-corrected chi connectivity index (χ1v) is 15.9. The van der Waals surface area contributed by atoms with Crippen molar-refractivity contribution in [2.45, 2.75) is 0 Å². The standard InChI is InChI=1S/C43H30N2O3/c1-45-33-20-13-26(14-21-33)12-15-30-22-31-23-36(27-8-4-2-5-9-27)46-41(31)40-34-24-37(29-16-18-32(44)19-17-29)47-42(34)35-25-38(48-43(35)39(30)40)28-10-6-3-7-11-28/h2-25,45H,44H2,1H3. The van der Waals surface area contributed by atoms with Crippen molar-refractivity contribution in [1.82, 2.24) is 0 Å². The number of nitrogen functional groups attached to an aromatic ring is 1. The van der Waals surface area contributed by atoms with Crippen molar-refractivity contribution in [2.75, 3.05) is 18.1 Å². The monoisotopic (exact) mass is 622 g/mol. The molecule has 0 fully saturated rings. The van der Waals surface area contributed by atoms with Gasteiger partial charge in [0.05, 0.1) is 5.39 Å². The van der Waals surface area contributed by atoms with Crippen LogP contribution < -0.4 is 11.1 Å². The van der Waals surface area contributed by atoms with E-state index in [0.29, 0.717) is 5.69 Å². The minimum Gasteiger partial charge on any atom is -0.455 e. The molecule has 3 aromatic heterocycles. The fraction of sp³-hybridized carbons (Fsp3) is 0.0233. The summed E-state index contributed by atoms with van der Waals surface area (Å²) in [7, 11) is 1.92. The van der Waals surface area contributed by atoms with Gasteiger partial charge in [-0.25, -0.2) is 0 Å². The van der Waals surface area contributed by atoms with Gasteiger partial charge in [0.15, 0.2) is 0 Å². The molecule has 3 N–H and O–H groups in total. The smallest absolute Gasteiger partial charge is 0.147 e. The molecule has 0 radical (unpaired) electrons. The van der Waals surface area contributed by atoms with Crippen molar-refractivity contribution >= 4 is 67.2 Å². The molecule has 230 valence electrons. The molecule has 0 saturated heterocycles. The van der Waals surface area contributed by atoms with Gasteiger partial charge in [-0.2, -0.15) is 0 Å². The van der Waals surface area contributed by atoms with Crippen LogP contribution in [0.3, 0.4) is 0 Å². The van der Waals surface area contributed by atoms with E-state index in [4.69, 9.17) is 19.0 Å². The molecule has 5 nitrogen and oxygen atoms in total. The molecule has 0 atom stereocenters. The molecule has 48 heavy (non-hydrogen) atoms.